The van der Waals surface area contributed by atoms with Gasteiger partial charge in [0.15, 0.2) is 0 Å². The number of fused-ring (bicyclic) bond motifs is 1. The third kappa shape index (κ3) is 4.54. The van der Waals surface area contributed by atoms with Crippen molar-refractivity contribution in [3.05, 3.63) is 53.6 Å². The van der Waals surface area contributed by atoms with Crippen LogP contribution in [0.25, 0.3) is 20.8 Å². The van der Waals surface area contributed by atoms with Gasteiger partial charge in [-0.1, -0.05) is 44.0 Å². The Morgan fingerprint density at radius 2 is 1.72 bits per heavy atom. The standard InChI is InChI=1S/C16H13F3N2S2.C2H6/c1-9(23-20)11-4-7-13-14(8-11)22-15(21-13)10-2-5-12(6-3-10)16(17,18)19;1-2/h2-9H,20H2,1H3;1-2H3. The first-order valence-corrected chi connectivity index (χ1v) is 9.58. The number of rotatable bonds is 3. The van der Waals surface area contributed by atoms with E-state index in [4.69, 9.17) is 5.14 Å². The molecule has 1 unspecified atom stereocenters. The molecular weight excluding hydrogens is 365 g/mol. The zero-order valence-corrected chi connectivity index (χ0v) is 15.7. The van der Waals surface area contributed by atoms with Crippen LogP contribution in [0.2, 0.25) is 0 Å². The number of alkyl halides is 3. The Hall–Kier alpha value is -1.57. The van der Waals surface area contributed by atoms with Crippen LogP contribution < -0.4 is 5.14 Å². The molecule has 3 rings (SSSR count). The third-order valence-electron chi connectivity index (χ3n) is 3.55. The van der Waals surface area contributed by atoms with E-state index in [-0.39, 0.29) is 5.25 Å². The predicted octanol–water partition coefficient (Wildman–Crippen LogP) is 6.68. The summed E-state index contributed by atoms with van der Waals surface area (Å²) in [5, 5.41) is 6.49. The average Bonchev–Trinajstić information content (AvgIpc) is 3.05. The lowest BCUT2D eigenvalue weighted by molar-refractivity contribution is -0.137. The van der Waals surface area contributed by atoms with E-state index in [0.717, 1.165) is 27.9 Å². The predicted molar refractivity (Wildman–Crippen MR) is 102 cm³/mol. The Balaban J connectivity index is 0.00000109. The van der Waals surface area contributed by atoms with Gasteiger partial charge in [-0.3, -0.25) is 5.14 Å². The summed E-state index contributed by atoms with van der Waals surface area (Å²) in [4.78, 5) is 4.50. The number of nitrogens with zero attached hydrogens (tertiary/aromatic N) is 1. The Kier molecular flexibility index (Phi) is 6.48. The second-order valence-electron chi connectivity index (χ2n) is 5.10. The highest BCUT2D eigenvalue weighted by Gasteiger charge is 2.30. The van der Waals surface area contributed by atoms with Crippen molar-refractivity contribution in [1.82, 2.24) is 4.98 Å². The van der Waals surface area contributed by atoms with E-state index in [2.05, 4.69) is 4.98 Å². The van der Waals surface area contributed by atoms with Crippen molar-refractivity contribution in [3.8, 4) is 10.6 Å². The van der Waals surface area contributed by atoms with Gasteiger partial charge in [-0.05, 0) is 36.8 Å². The van der Waals surface area contributed by atoms with E-state index in [1.807, 2.05) is 39.0 Å². The summed E-state index contributed by atoms with van der Waals surface area (Å²) in [6.45, 7) is 6.02. The molecule has 0 aliphatic rings. The van der Waals surface area contributed by atoms with Crippen molar-refractivity contribution in [2.24, 2.45) is 5.14 Å². The van der Waals surface area contributed by atoms with E-state index < -0.39 is 11.7 Å². The van der Waals surface area contributed by atoms with Gasteiger partial charge < -0.3 is 0 Å². The Bertz CT molecular complexity index is 826. The highest BCUT2D eigenvalue weighted by Crippen LogP contribution is 2.35. The monoisotopic (exact) mass is 384 g/mol. The fourth-order valence-corrected chi connectivity index (χ4v) is 3.52. The van der Waals surface area contributed by atoms with Gasteiger partial charge in [0.05, 0.1) is 15.8 Å². The molecule has 0 aliphatic carbocycles. The van der Waals surface area contributed by atoms with Crippen LogP contribution in [0.4, 0.5) is 13.2 Å². The minimum Gasteiger partial charge on any atom is -0.277 e. The van der Waals surface area contributed by atoms with Crippen molar-refractivity contribution in [1.29, 1.82) is 0 Å². The fraction of sp³-hybridized carbons (Fsp3) is 0.278. The molecule has 134 valence electrons. The van der Waals surface area contributed by atoms with Crippen LogP contribution in [0.15, 0.2) is 42.5 Å². The van der Waals surface area contributed by atoms with Crippen molar-refractivity contribution in [2.45, 2.75) is 32.2 Å². The van der Waals surface area contributed by atoms with Gasteiger partial charge in [0.2, 0.25) is 0 Å². The highest BCUT2D eigenvalue weighted by molar-refractivity contribution is 7.97. The van der Waals surface area contributed by atoms with Gasteiger partial charge in [0, 0.05) is 10.8 Å². The summed E-state index contributed by atoms with van der Waals surface area (Å²) >= 11 is 2.73. The smallest absolute Gasteiger partial charge is 0.277 e. The lowest BCUT2D eigenvalue weighted by atomic mass is 10.1. The first kappa shape index (κ1) is 19.8. The SMILES string of the molecule is CC.CC(SN)c1ccc2nc(-c3ccc(C(F)(F)F)cc3)sc2c1. The molecule has 1 aromatic heterocycles. The minimum absolute atomic E-state index is 0.177. The number of hydrogen-bond acceptors (Lipinski definition) is 4. The van der Waals surface area contributed by atoms with Crippen LogP contribution in [0, 0.1) is 0 Å². The number of halogens is 3. The molecule has 0 radical (unpaired) electrons. The van der Waals surface area contributed by atoms with Gasteiger partial charge in [0.25, 0.3) is 0 Å². The fourth-order valence-electron chi connectivity index (χ4n) is 2.20. The number of benzene rings is 2. The van der Waals surface area contributed by atoms with Gasteiger partial charge in [-0.15, -0.1) is 11.3 Å². The van der Waals surface area contributed by atoms with E-state index >= 15 is 0 Å². The van der Waals surface area contributed by atoms with E-state index in [0.29, 0.717) is 10.6 Å². The highest BCUT2D eigenvalue weighted by atomic mass is 32.2. The molecule has 0 bridgehead atoms. The maximum Gasteiger partial charge on any atom is 0.416 e. The summed E-state index contributed by atoms with van der Waals surface area (Å²) in [5.74, 6) is 0. The molecule has 25 heavy (non-hydrogen) atoms. The molecule has 0 spiro atoms. The topological polar surface area (TPSA) is 38.9 Å². The van der Waals surface area contributed by atoms with E-state index in [9.17, 15) is 13.2 Å². The van der Waals surface area contributed by atoms with Crippen molar-refractivity contribution < 1.29 is 13.2 Å². The van der Waals surface area contributed by atoms with Crippen molar-refractivity contribution in [3.63, 3.8) is 0 Å². The van der Waals surface area contributed by atoms with Crippen molar-refractivity contribution >= 4 is 33.5 Å². The summed E-state index contributed by atoms with van der Waals surface area (Å²) in [5.41, 5.74) is 1.97. The van der Waals surface area contributed by atoms with Crippen molar-refractivity contribution in [2.75, 3.05) is 0 Å². The van der Waals surface area contributed by atoms with Crippen LogP contribution in [-0.2, 0) is 6.18 Å². The quantitative estimate of drug-likeness (QED) is 0.512. The molecule has 0 fully saturated rings. The van der Waals surface area contributed by atoms with Gasteiger partial charge in [-0.25, -0.2) is 4.98 Å². The summed E-state index contributed by atoms with van der Waals surface area (Å²) in [6.07, 6.45) is -4.32. The molecule has 1 heterocycles. The van der Waals surface area contributed by atoms with E-state index in [1.165, 1.54) is 35.4 Å². The number of nitrogens with two attached hydrogens (primary N) is 1. The van der Waals surface area contributed by atoms with Gasteiger partial charge >= 0.3 is 6.18 Å². The molecule has 2 nitrogen and oxygen atoms in total. The molecule has 2 aromatic carbocycles. The minimum atomic E-state index is -4.32. The van der Waals surface area contributed by atoms with Crippen LogP contribution in [0.3, 0.4) is 0 Å². The number of thiazole rings is 1. The maximum atomic E-state index is 12.6. The molecule has 2 N–H and O–H groups in total. The van der Waals surface area contributed by atoms with Crippen LogP contribution in [0.1, 0.15) is 37.1 Å². The Morgan fingerprint density at radius 1 is 1.08 bits per heavy atom. The van der Waals surface area contributed by atoms with Crippen LogP contribution in [-0.4, -0.2) is 4.98 Å². The number of hydrogen-bond donors (Lipinski definition) is 1. The zero-order chi connectivity index (χ0) is 18.6. The largest absolute Gasteiger partial charge is 0.416 e. The zero-order valence-electron chi connectivity index (χ0n) is 14.1. The normalized spacial score (nSPS) is 12.6. The molecule has 0 saturated carbocycles. The summed E-state index contributed by atoms with van der Waals surface area (Å²) < 4.78 is 38.9. The second kappa shape index (κ2) is 8.21. The molecule has 0 saturated heterocycles. The van der Waals surface area contributed by atoms with E-state index in [1.54, 1.807) is 0 Å². The third-order valence-corrected chi connectivity index (χ3v) is 5.29. The number of aromatic nitrogens is 1. The van der Waals surface area contributed by atoms with Gasteiger partial charge in [-0.2, -0.15) is 13.2 Å². The van der Waals surface area contributed by atoms with Gasteiger partial charge in [0.1, 0.15) is 5.01 Å². The molecule has 0 aliphatic heterocycles. The summed E-state index contributed by atoms with van der Waals surface area (Å²) in [6, 6.07) is 11.0. The molecule has 0 amide bonds. The summed E-state index contributed by atoms with van der Waals surface area (Å²) in [7, 11) is 0. The first-order chi connectivity index (χ1) is 11.9. The molecule has 3 aromatic rings. The average molecular weight is 384 g/mol. The first-order valence-electron chi connectivity index (χ1n) is 7.82. The molecule has 1 atom stereocenters. The maximum absolute atomic E-state index is 12.6. The van der Waals surface area contributed by atoms with Crippen LogP contribution >= 0.6 is 23.3 Å². The Labute approximate surface area is 153 Å². The lowest BCUT2D eigenvalue weighted by Crippen LogP contribution is -2.03. The Morgan fingerprint density at radius 3 is 2.28 bits per heavy atom. The lowest BCUT2D eigenvalue weighted by Gasteiger charge is -2.06. The van der Waals surface area contributed by atoms with Crippen LogP contribution in [0.5, 0.6) is 0 Å². The molecule has 7 heteroatoms. The second-order valence-corrected chi connectivity index (χ2v) is 7.11. The molecular formula is C18H19F3N2S2.